The molecular formula is C10H10FNO2. The summed E-state index contributed by atoms with van der Waals surface area (Å²) >= 11 is 0. The Morgan fingerprint density at radius 1 is 1.50 bits per heavy atom. The number of aliphatic imine (C=N–C) groups is 1. The lowest BCUT2D eigenvalue weighted by atomic mass is 10.1. The predicted molar refractivity (Wildman–Crippen MR) is 51.6 cm³/mol. The number of aliphatic carboxylic acids is 1. The zero-order chi connectivity index (χ0) is 9.42. The molecule has 1 aliphatic rings. The first kappa shape index (κ1) is 10.4. The largest absolute Gasteiger partial charge is 0.477 e. The first-order valence-electron chi connectivity index (χ1n) is 3.77. The van der Waals surface area contributed by atoms with Gasteiger partial charge in [0.15, 0.2) is 0 Å². The number of rotatable bonds is 1. The summed E-state index contributed by atoms with van der Waals surface area (Å²) in [5, 5.41) is 8.62. The van der Waals surface area contributed by atoms with Crippen molar-refractivity contribution in [2.75, 3.05) is 0 Å². The van der Waals surface area contributed by atoms with E-state index in [1.807, 2.05) is 0 Å². The van der Waals surface area contributed by atoms with Crippen LogP contribution < -0.4 is 0 Å². The summed E-state index contributed by atoms with van der Waals surface area (Å²) in [4.78, 5) is 14.3. The summed E-state index contributed by atoms with van der Waals surface area (Å²) in [6.07, 6.45) is 0.0807. The Bertz CT molecular complexity index is 413. The molecule has 0 fully saturated rings. The highest BCUT2D eigenvalue weighted by molar-refractivity contribution is 6.37. The zero-order valence-electron chi connectivity index (χ0n) is 6.62. The van der Waals surface area contributed by atoms with Crippen molar-refractivity contribution in [2.45, 2.75) is 13.8 Å². The summed E-state index contributed by atoms with van der Waals surface area (Å²) in [5.74, 6) is -1.48. The van der Waals surface area contributed by atoms with Gasteiger partial charge in [0, 0.05) is 12.0 Å². The molecule has 0 bridgehead atoms. The lowest BCUT2D eigenvalue weighted by Gasteiger charge is -1.96. The summed E-state index contributed by atoms with van der Waals surface area (Å²) in [6, 6.07) is 4.43. The molecule has 14 heavy (non-hydrogen) atoms. The van der Waals surface area contributed by atoms with E-state index < -0.39 is 11.8 Å². The molecule has 0 aliphatic carbocycles. The number of hydrogen-bond acceptors (Lipinski definition) is 2. The number of carboxylic acids is 1. The van der Waals surface area contributed by atoms with E-state index in [1.54, 1.807) is 6.07 Å². The monoisotopic (exact) mass is 195 g/mol. The standard InChI is InChI=1S/C9H6FNO2.CH4/c10-6-2-1-3-7-5(6)4-8(11-7)9(12)13;/h1-3H,4H2,(H,12,13);1H4. The summed E-state index contributed by atoms with van der Waals surface area (Å²) in [7, 11) is 0. The second kappa shape index (κ2) is 3.57. The van der Waals surface area contributed by atoms with E-state index in [0.717, 1.165) is 0 Å². The van der Waals surface area contributed by atoms with Crippen molar-refractivity contribution in [2.24, 2.45) is 4.99 Å². The number of carbonyl (C=O) groups is 1. The summed E-state index contributed by atoms with van der Waals surface area (Å²) < 4.78 is 13.1. The third-order valence-corrected chi connectivity index (χ3v) is 1.94. The maximum atomic E-state index is 13.1. The van der Waals surface area contributed by atoms with Gasteiger partial charge in [0.1, 0.15) is 11.5 Å². The molecule has 1 N–H and O–H groups in total. The van der Waals surface area contributed by atoms with E-state index in [4.69, 9.17) is 5.11 Å². The van der Waals surface area contributed by atoms with E-state index in [1.165, 1.54) is 12.1 Å². The van der Waals surface area contributed by atoms with Crippen LogP contribution in [0.5, 0.6) is 0 Å². The van der Waals surface area contributed by atoms with Crippen LogP contribution in [-0.2, 0) is 11.2 Å². The molecule has 0 unspecified atom stereocenters. The number of carboxylic acid groups (broad SMARTS) is 1. The van der Waals surface area contributed by atoms with E-state index in [0.29, 0.717) is 11.3 Å². The Labute approximate surface area is 80.9 Å². The average molecular weight is 195 g/mol. The van der Waals surface area contributed by atoms with Gasteiger partial charge in [-0.2, -0.15) is 0 Å². The van der Waals surface area contributed by atoms with Crippen molar-refractivity contribution < 1.29 is 14.3 Å². The number of hydrogen-bond donors (Lipinski definition) is 1. The normalized spacial score (nSPS) is 12.8. The maximum Gasteiger partial charge on any atom is 0.350 e. The van der Waals surface area contributed by atoms with Gasteiger partial charge in [0.25, 0.3) is 0 Å². The number of nitrogens with zero attached hydrogens (tertiary/aromatic N) is 1. The Morgan fingerprint density at radius 3 is 2.79 bits per heavy atom. The zero-order valence-corrected chi connectivity index (χ0v) is 6.62. The van der Waals surface area contributed by atoms with E-state index >= 15 is 0 Å². The van der Waals surface area contributed by atoms with Gasteiger partial charge in [0.2, 0.25) is 0 Å². The van der Waals surface area contributed by atoms with Gasteiger partial charge >= 0.3 is 5.97 Å². The Kier molecular flexibility index (Phi) is 2.65. The number of halogens is 1. The van der Waals surface area contributed by atoms with E-state index in [-0.39, 0.29) is 19.6 Å². The van der Waals surface area contributed by atoms with Crippen LogP contribution >= 0.6 is 0 Å². The Morgan fingerprint density at radius 2 is 2.21 bits per heavy atom. The minimum absolute atomic E-state index is 0. The SMILES string of the molecule is C.O=C(O)C1=Nc2cccc(F)c2C1. The van der Waals surface area contributed by atoms with Gasteiger partial charge in [-0.15, -0.1) is 0 Å². The second-order valence-electron chi connectivity index (χ2n) is 2.78. The predicted octanol–water partition coefficient (Wildman–Crippen LogP) is 2.17. The molecule has 0 aromatic heterocycles. The highest BCUT2D eigenvalue weighted by atomic mass is 19.1. The molecule has 0 saturated heterocycles. The topological polar surface area (TPSA) is 49.7 Å². The number of fused-ring (bicyclic) bond motifs is 1. The van der Waals surface area contributed by atoms with Gasteiger partial charge < -0.3 is 5.11 Å². The third-order valence-electron chi connectivity index (χ3n) is 1.94. The molecule has 1 aliphatic heterocycles. The molecular weight excluding hydrogens is 185 g/mol. The van der Waals surface area contributed by atoms with Crippen molar-refractivity contribution in [3.63, 3.8) is 0 Å². The van der Waals surface area contributed by atoms with Gasteiger partial charge in [-0.3, -0.25) is 0 Å². The molecule has 1 aromatic rings. The second-order valence-corrected chi connectivity index (χ2v) is 2.78. The lowest BCUT2D eigenvalue weighted by Crippen LogP contribution is -2.12. The molecule has 4 heteroatoms. The van der Waals surface area contributed by atoms with Crippen molar-refractivity contribution in [3.05, 3.63) is 29.6 Å². The number of benzene rings is 1. The van der Waals surface area contributed by atoms with Gasteiger partial charge in [-0.1, -0.05) is 13.5 Å². The highest BCUT2D eigenvalue weighted by Gasteiger charge is 2.22. The van der Waals surface area contributed by atoms with Gasteiger partial charge in [0.05, 0.1) is 5.69 Å². The van der Waals surface area contributed by atoms with Crippen LogP contribution in [0.4, 0.5) is 10.1 Å². The fourth-order valence-electron chi connectivity index (χ4n) is 1.30. The first-order chi connectivity index (χ1) is 6.18. The van der Waals surface area contributed by atoms with E-state index in [9.17, 15) is 9.18 Å². The van der Waals surface area contributed by atoms with Crippen molar-refractivity contribution >= 4 is 17.4 Å². The first-order valence-corrected chi connectivity index (χ1v) is 3.77. The molecule has 0 amide bonds. The summed E-state index contributed by atoms with van der Waals surface area (Å²) in [5.41, 5.74) is 0.803. The van der Waals surface area contributed by atoms with Crippen LogP contribution in [0.1, 0.15) is 13.0 Å². The molecule has 0 radical (unpaired) electrons. The molecule has 3 nitrogen and oxygen atoms in total. The average Bonchev–Trinajstić information content (AvgIpc) is 2.49. The van der Waals surface area contributed by atoms with Crippen LogP contribution in [-0.4, -0.2) is 16.8 Å². The minimum Gasteiger partial charge on any atom is -0.477 e. The molecule has 1 heterocycles. The van der Waals surface area contributed by atoms with Crippen LogP contribution in [0.15, 0.2) is 23.2 Å². The molecule has 0 saturated carbocycles. The molecule has 74 valence electrons. The van der Waals surface area contributed by atoms with Crippen molar-refractivity contribution in [3.8, 4) is 0 Å². The van der Waals surface area contributed by atoms with Crippen LogP contribution in [0, 0.1) is 5.82 Å². The Balaban J connectivity index is 0.000000980. The van der Waals surface area contributed by atoms with Crippen molar-refractivity contribution in [1.29, 1.82) is 0 Å². The van der Waals surface area contributed by atoms with Crippen LogP contribution in [0.25, 0.3) is 0 Å². The fourth-order valence-corrected chi connectivity index (χ4v) is 1.30. The van der Waals surface area contributed by atoms with E-state index in [2.05, 4.69) is 4.99 Å². The van der Waals surface area contributed by atoms with Gasteiger partial charge in [-0.05, 0) is 12.1 Å². The molecule has 0 spiro atoms. The summed E-state index contributed by atoms with van der Waals surface area (Å²) in [6.45, 7) is 0. The lowest BCUT2D eigenvalue weighted by molar-refractivity contribution is -0.129. The fraction of sp³-hybridized carbons (Fsp3) is 0.200. The quantitative estimate of drug-likeness (QED) is 0.746. The molecule has 1 aromatic carbocycles. The molecule has 0 atom stereocenters. The van der Waals surface area contributed by atoms with Crippen molar-refractivity contribution in [1.82, 2.24) is 0 Å². The maximum absolute atomic E-state index is 13.1. The minimum atomic E-state index is -1.09. The third kappa shape index (κ3) is 1.51. The van der Waals surface area contributed by atoms with Crippen LogP contribution in [0.3, 0.4) is 0 Å². The smallest absolute Gasteiger partial charge is 0.350 e. The highest BCUT2D eigenvalue weighted by Crippen LogP contribution is 2.28. The molecule has 2 rings (SSSR count). The van der Waals surface area contributed by atoms with Gasteiger partial charge in [-0.25, -0.2) is 14.2 Å². The Hall–Kier alpha value is -1.71. The van der Waals surface area contributed by atoms with Crippen LogP contribution in [0.2, 0.25) is 0 Å².